The lowest BCUT2D eigenvalue weighted by Crippen LogP contribution is -2.22. The fourth-order valence-corrected chi connectivity index (χ4v) is 2.60. The minimum Gasteiger partial charge on any atom is -0.396 e. The van der Waals surface area contributed by atoms with Gasteiger partial charge in [-0.2, -0.15) is 5.10 Å². The lowest BCUT2D eigenvalue weighted by Gasteiger charge is -2.15. The third-order valence-electron chi connectivity index (χ3n) is 3.18. The third-order valence-corrected chi connectivity index (χ3v) is 4.89. The van der Waals surface area contributed by atoms with E-state index in [1.165, 1.54) is 6.07 Å². The second-order valence-electron chi connectivity index (χ2n) is 6.35. The number of nitrogens with zero attached hydrogens (tertiary/aromatic N) is 2. The number of hydrogen-bond acceptors (Lipinski definition) is 3. The van der Waals surface area contributed by atoms with Gasteiger partial charge in [0.05, 0.1) is 11.9 Å². The Bertz CT molecular complexity index is 607. The van der Waals surface area contributed by atoms with Gasteiger partial charge < -0.3 is 10.5 Å². The Labute approximate surface area is 125 Å². The van der Waals surface area contributed by atoms with Crippen molar-refractivity contribution in [2.24, 2.45) is 0 Å². The normalized spacial score (nSPS) is 11.8. The smallest absolute Gasteiger partial charge is 0.146 e. The van der Waals surface area contributed by atoms with Gasteiger partial charge in [-0.1, -0.05) is 25.7 Å². The van der Waals surface area contributed by atoms with E-state index in [4.69, 9.17) is 10.5 Å². The SMILES string of the molecule is C[Si](C)(C)CCOCn1cc(-c2ccc(F)c(N)c2)cn1. The largest absolute Gasteiger partial charge is 0.396 e. The van der Waals surface area contributed by atoms with Crippen molar-refractivity contribution in [2.45, 2.75) is 32.4 Å². The van der Waals surface area contributed by atoms with Crippen LogP contribution in [0.25, 0.3) is 11.1 Å². The molecule has 4 nitrogen and oxygen atoms in total. The number of hydrogen-bond donors (Lipinski definition) is 1. The zero-order valence-corrected chi connectivity index (χ0v) is 13.8. The molecule has 2 aromatic rings. The van der Waals surface area contributed by atoms with Crippen LogP contribution in [-0.4, -0.2) is 24.5 Å². The molecule has 21 heavy (non-hydrogen) atoms. The molecule has 0 atom stereocenters. The molecule has 1 heterocycles. The van der Waals surface area contributed by atoms with Crippen molar-refractivity contribution in [1.29, 1.82) is 0 Å². The second kappa shape index (κ2) is 6.40. The standard InChI is InChI=1S/C15H22FN3OSi/c1-21(2,3)7-6-20-11-19-10-13(9-18-19)12-4-5-14(16)15(17)8-12/h4-5,8-10H,6-7,11,17H2,1-3H3. The average Bonchev–Trinajstić information content (AvgIpc) is 2.86. The molecule has 0 amide bonds. The zero-order chi connectivity index (χ0) is 15.5. The molecule has 0 radical (unpaired) electrons. The molecule has 0 saturated heterocycles. The number of aromatic nitrogens is 2. The highest BCUT2D eigenvalue weighted by Crippen LogP contribution is 2.22. The van der Waals surface area contributed by atoms with Crippen molar-refractivity contribution in [3.05, 3.63) is 36.4 Å². The van der Waals surface area contributed by atoms with Crippen LogP contribution in [0.3, 0.4) is 0 Å². The van der Waals surface area contributed by atoms with E-state index < -0.39 is 13.9 Å². The number of halogens is 1. The minimum absolute atomic E-state index is 0.145. The van der Waals surface area contributed by atoms with Gasteiger partial charge in [0.15, 0.2) is 0 Å². The first kappa shape index (κ1) is 15.7. The van der Waals surface area contributed by atoms with Crippen molar-refractivity contribution in [1.82, 2.24) is 9.78 Å². The van der Waals surface area contributed by atoms with Gasteiger partial charge >= 0.3 is 0 Å². The van der Waals surface area contributed by atoms with E-state index in [0.29, 0.717) is 6.73 Å². The summed E-state index contributed by atoms with van der Waals surface area (Å²) in [5.74, 6) is -0.402. The summed E-state index contributed by atoms with van der Waals surface area (Å²) in [6, 6.07) is 5.81. The van der Waals surface area contributed by atoms with E-state index in [1.807, 2.05) is 6.20 Å². The summed E-state index contributed by atoms with van der Waals surface area (Å²) in [5, 5.41) is 4.25. The molecule has 0 saturated carbocycles. The zero-order valence-electron chi connectivity index (χ0n) is 12.8. The maximum atomic E-state index is 13.2. The quantitative estimate of drug-likeness (QED) is 0.504. The molecule has 0 aliphatic carbocycles. The molecule has 2 rings (SSSR count). The van der Waals surface area contributed by atoms with Gasteiger partial charge in [0.25, 0.3) is 0 Å². The average molecular weight is 307 g/mol. The summed E-state index contributed by atoms with van der Waals surface area (Å²) >= 11 is 0. The first-order chi connectivity index (χ1) is 9.85. The monoisotopic (exact) mass is 307 g/mol. The number of benzene rings is 1. The Kier molecular flexibility index (Phi) is 4.79. The molecule has 0 unspecified atom stereocenters. The van der Waals surface area contributed by atoms with Gasteiger partial charge in [0.2, 0.25) is 0 Å². The van der Waals surface area contributed by atoms with Gasteiger partial charge in [-0.15, -0.1) is 0 Å². The van der Waals surface area contributed by atoms with E-state index >= 15 is 0 Å². The number of nitrogen functional groups attached to an aromatic ring is 1. The van der Waals surface area contributed by atoms with E-state index in [0.717, 1.165) is 23.8 Å². The van der Waals surface area contributed by atoms with Gasteiger partial charge in [-0.3, -0.25) is 0 Å². The molecule has 1 aromatic carbocycles. The Morgan fingerprint density at radius 1 is 1.29 bits per heavy atom. The predicted molar refractivity (Wildman–Crippen MR) is 86.1 cm³/mol. The van der Waals surface area contributed by atoms with E-state index in [2.05, 4.69) is 24.7 Å². The van der Waals surface area contributed by atoms with Crippen LogP contribution >= 0.6 is 0 Å². The summed E-state index contributed by atoms with van der Waals surface area (Å²) in [5.41, 5.74) is 7.47. The van der Waals surface area contributed by atoms with Gasteiger partial charge in [-0.05, 0) is 23.7 Å². The topological polar surface area (TPSA) is 53.1 Å². The maximum Gasteiger partial charge on any atom is 0.146 e. The lowest BCUT2D eigenvalue weighted by molar-refractivity contribution is 0.0786. The number of anilines is 1. The molecule has 0 bridgehead atoms. The number of rotatable bonds is 6. The summed E-state index contributed by atoms with van der Waals surface area (Å²) in [7, 11) is -1.06. The van der Waals surface area contributed by atoms with Crippen molar-refractivity contribution in [3.8, 4) is 11.1 Å². The first-order valence-corrected chi connectivity index (χ1v) is 10.7. The van der Waals surface area contributed by atoms with Crippen LogP contribution in [0.2, 0.25) is 25.7 Å². The number of nitrogens with two attached hydrogens (primary N) is 1. The Morgan fingerprint density at radius 3 is 2.71 bits per heavy atom. The predicted octanol–water partition coefficient (Wildman–Crippen LogP) is 3.58. The molecule has 0 fully saturated rings. The second-order valence-corrected chi connectivity index (χ2v) is 12.0. The molecular weight excluding hydrogens is 285 g/mol. The molecular formula is C15H22FN3OSi. The van der Waals surface area contributed by atoms with Crippen molar-refractivity contribution < 1.29 is 9.13 Å². The highest BCUT2D eigenvalue weighted by atomic mass is 28.3. The van der Waals surface area contributed by atoms with Crippen LogP contribution in [0.5, 0.6) is 0 Å². The van der Waals surface area contributed by atoms with Crippen LogP contribution in [0.1, 0.15) is 0 Å². The van der Waals surface area contributed by atoms with E-state index in [-0.39, 0.29) is 5.69 Å². The van der Waals surface area contributed by atoms with Gasteiger partial charge in [-0.25, -0.2) is 9.07 Å². The first-order valence-electron chi connectivity index (χ1n) is 7.01. The van der Waals surface area contributed by atoms with Crippen molar-refractivity contribution >= 4 is 13.8 Å². The van der Waals surface area contributed by atoms with Crippen LogP contribution in [0.4, 0.5) is 10.1 Å². The molecule has 0 spiro atoms. The molecule has 2 N–H and O–H groups in total. The molecule has 1 aromatic heterocycles. The van der Waals surface area contributed by atoms with E-state index in [9.17, 15) is 4.39 Å². The van der Waals surface area contributed by atoms with Crippen LogP contribution in [0, 0.1) is 5.82 Å². The summed E-state index contributed by atoms with van der Waals surface area (Å²) in [4.78, 5) is 0. The molecule has 0 aliphatic heterocycles. The van der Waals surface area contributed by atoms with Crippen LogP contribution in [0.15, 0.2) is 30.6 Å². The maximum absolute atomic E-state index is 13.2. The van der Waals surface area contributed by atoms with E-state index in [1.54, 1.807) is 23.0 Å². The lowest BCUT2D eigenvalue weighted by atomic mass is 10.1. The van der Waals surface area contributed by atoms with Gasteiger partial charge in [0, 0.05) is 26.4 Å². The fourth-order valence-electron chi connectivity index (χ4n) is 1.84. The van der Waals surface area contributed by atoms with Crippen LogP contribution < -0.4 is 5.73 Å². The summed E-state index contributed by atoms with van der Waals surface area (Å²) in [6.07, 6.45) is 3.61. The highest BCUT2D eigenvalue weighted by molar-refractivity contribution is 6.76. The molecule has 0 aliphatic rings. The van der Waals surface area contributed by atoms with Crippen molar-refractivity contribution in [3.63, 3.8) is 0 Å². The van der Waals surface area contributed by atoms with Gasteiger partial charge in [0.1, 0.15) is 12.5 Å². The highest BCUT2D eigenvalue weighted by Gasteiger charge is 2.12. The van der Waals surface area contributed by atoms with Crippen molar-refractivity contribution in [2.75, 3.05) is 12.3 Å². The Morgan fingerprint density at radius 2 is 2.05 bits per heavy atom. The summed E-state index contributed by atoms with van der Waals surface area (Å²) < 4.78 is 20.5. The Hall–Kier alpha value is -1.66. The minimum atomic E-state index is -1.06. The third kappa shape index (κ3) is 4.68. The summed E-state index contributed by atoms with van der Waals surface area (Å²) in [6.45, 7) is 8.15. The van der Waals surface area contributed by atoms with Crippen LogP contribution in [-0.2, 0) is 11.5 Å². The molecule has 114 valence electrons. The fraction of sp³-hybridized carbons (Fsp3) is 0.400. The molecule has 6 heteroatoms. The number of ether oxygens (including phenoxy) is 1. The Balaban J connectivity index is 1.93.